The Balaban J connectivity index is 1.93. The summed E-state index contributed by atoms with van der Waals surface area (Å²) in [5.41, 5.74) is 9.51. The summed E-state index contributed by atoms with van der Waals surface area (Å²) in [6.45, 7) is 4.05. The van der Waals surface area contributed by atoms with Crippen molar-refractivity contribution in [1.29, 1.82) is 0 Å². The second-order valence-corrected chi connectivity index (χ2v) is 5.29. The summed E-state index contributed by atoms with van der Waals surface area (Å²) >= 11 is 0. The molecule has 18 heavy (non-hydrogen) atoms. The molecule has 0 saturated carbocycles. The van der Waals surface area contributed by atoms with E-state index in [1.165, 1.54) is 41.7 Å². The molecule has 1 aliphatic rings. The van der Waals surface area contributed by atoms with Gasteiger partial charge in [-0.05, 0) is 57.0 Å². The number of benzene rings is 1. The molecule has 1 aromatic heterocycles. The van der Waals surface area contributed by atoms with Crippen LogP contribution in [0.4, 0.5) is 5.69 Å². The maximum absolute atomic E-state index is 5.71. The topological polar surface area (TPSA) is 45.0 Å². The highest BCUT2D eigenvalue weighted by Crippen LogP contribution is 2.29. The maximum Gasteiger partial charge on any atom is 0.0457 e. The number of nitrogens with one attached hydrogen (secondary N) is 1. The van der Waals surface area contributed by atoms with E-state index in [9.17, 15) is 0 Å². The number of aromatic nitrogens is 1. The van der Waals surface area contributed by atoms with Crippen LogP contribution in [0.5, 0.6) is 0 Å². The van der Waals surface area contributed by atoms with Crippen LogP contribution in [-0.4, -0.2) is 24.1 Å². The molecule has 0 radical (unpaired) electrons. The van der Waals surface area contributed by atoms with Gasteiger partial charge in [0.2, 0.25) is 0 Å². The summed E-state index contributed by atoms with van der Waals surface area (Å²) < 4.78 is 0. The van der Waals surface area contributed by atoms with E-state index in [1.807, 2.05) is 0 Å². The summed E-state index contributed by atoms with van der Waals surface area (Å²) in [5, 5.41) is 1.31. The summed E-state index contributed by atoms with van der Waals surface area (Å²) in [7, 11) is 0. The molecule has 0 spiro atoms. The third-order valence-electron chi connectivity index (χ3n) is 3.95. The number of hydrogen-bond acceptors (Lipinski definition) is 2. The first-order valence-electron chi connectivity index (χ1n) is 6.84. The first-order valence-corrected chi connectivity index (χ1v) is 6.84. The van der Waals surface area contributed by atoms with E-state index in [1.54, 1.807) is 0 Å². The normalized spacial score (nSPS) is 19.9. The molecule has 3 nitrogen and oxygen atoms in total. The predicted octanol–water partition coefficient (Wildman–Crippen LogP) is 2.79. The molecule has 1 aliphatic heterocycles. The van der Waals surface area contributed by atoms with Gasteiger partial charge in [-0.3, -0.25) is 0 Å². The van der Waals surface area contributed by atoms with Gasteiger partial charge in [0.05, 0.1) is 0 Å². The van der Waals surface area contributed by atoms with Crippen molar-refractivity contribution in [2.75, 3.05) is 18.0 Å². The number of nitrogens with two attached hydrogens (primary N) is 1. The molecule has 0 aliphatic carbocycles. The summed E-state index contributed by atoms with van der Waals surface area (Å²) in [6, 6.07) is 9.57. The molecule has 1 saturated heterocycles. The Hall–Kier alpha value is -1.48. The van der Waals surface area contributed by atoms with Gasteiger partial charge in [-0.15, -0.1) is 0 Å². The Morgan fingerprint density at radius 1 is 1.39 bits per heavy atom. The van der Waals surface area contributed by atoms with Crippen molar-refractivity contribution in [2.45, 2.75) is 32.2 Å². The van der Waals surface area contributed by atoms with Crippen LogP contribution in [0.15, 0.2) is 24.3 Å². The second-order valence-electron chi connectivity index (χ2n) is 5.29. The van der Waals surface area contributed by atoms with Crippen LogP contribution in [0.1, 0.15) is 25.0 Å². The van der Waals surface area contributed by atoms with Crippen molar-refractivity contribution >= 4 is 16.6 Å². The lowest BCUT2D eigenvalue weighted by Crippen LogP contribution is -2.30. The van der Waals surface area contributed by atoms with Crippen molar-refractivity contribution in [1.82, 2.24) is 4.98 Å². The molecular weight excluding hydrogens is 222 g/mol. The minimum Gasteiger partial charge on any atom is -0.368 e. The number of anilines is 1. The van der Waals surface area contributed by atoms with E-state index in [2.05, 4.69) is 41.1 Å². The van der Waals surface area contributed by atoms with Crippen molar-refractivity contribution in [3.63, 3.8) is 0 Å². The monoisotopic (exact) mass is 243 g/mol. The third kappa shape index (κ3) is 1.99. The molecule has 3 N–H and O–H groups in total. The lowest BCUT2D eigenvalue weighted by molar-refractivity contribution is 0.619. The zero-order valence-electron chi connectivity index (χ0n) is 10.9. The van der Waals surface area contributed by atoms with Crippen LogP contribution in [0.25, 0.3) is 10.9 Å². The van der Waals surface area contributed by atoms with E-state index in [0.29, 0.717) is 6.04 Å². The average molecular weight is 243 g/mol. The Bertz CT molecular complexity index is 544. The molecule has 3 rings (SSSR count). The molecular formula is C15H21N3. The van der Waals surface area contributed by atoms with E-state index in [4.69, 9.17) is 5.73 Å². The number of aryl methyl sites for hydroxylation is 1. The van der Waals surface area contributed by atoms with Crippen molar-refractivity contribution in [3.05, 3.63) is 30.0 Å². The maximum atomic E-state index is 5.71. The molecule has 96 valence electrons. The van der Waals surface area contributed by atoms with Gasteiger partial charge < -0.3 is 15.6 Å². The SMILES string of the molecule is Cc1cc2cc(N3CCCC3CCN)ccc2[nH]1. The van der Waals surface area contributed by atoms with Gasteiger partial charge in [-0.2, -0.15) is 0 Å². The number of nitrogens with zero attached hydrogens (tertiary/aromatic N) is 1. The molecule has 0 amide bonds. The summed E-state index contributed by atoms with van der Waals surface area (Å²) in [4.78, 5) is 5.90. The van der Waals surface area contributed by atoms with Gasteiger partial charge in [0.25, 0.3) is 0 Å². The summed E-state index contributed by atoms with van der Waals surface area (Å²) in [6.07, 6.45) is 3.67. The number of rotatable bonds is 3. The van der Waals surface area contributed by atoms with Crippen LogP contribution in [0, 0.1) is 6.92 Å². The minimum atomic E-state index is 0.632. The van der Waals surface area contributed by atoms with Crippen LogP contribution < -0.4 is 10.6 Å². The van der Waals surface area contributed by atoms with Gasteiger partial charge >= 0.3 is 0 Å². The van der Waals surface area contributed by atoms with Crippen molar-refractivity contribution in [3.8, 4) is 0 Å². The first-order chi connectivity index (χ1) is 8.78. The lowest BCUT2D eigenvalue weighted by atomic mass is 10.1. The second kappa shape index (κ2) is 4.65. The van der Waals surface area contributed by atoms with E-state index in [0.717, 1.165) is 13.0 Å². The molecule has 1 unspecified atom stereocenters. The minimum absolute atomic E-state index is 0.632. The van der Waals surface area contributed by atoms with Crippen molar-refractivity contribution in [2.24, 2.45) is 5.73 Å². The third-order valence-corrected chi connectivity index (χ3v) is 3.95. The molecule has 0 bridgehead atoms. The quantitative estimate of drug-likeness (QED) is 0.870. The number of fused-ring (bicyclic) bond motifs is 1. The fraction of sp³-hybridized carbons (Fsp3) is 0.467. The standard InChI is InChI=1S/C15H21N3/c1-11-9-12-10-14(4-5-15(12)17-11)18-8-2-3-13(18)6-7-16/h4-5,9-10,13,17H,2-3,6-8,16H2,1H3. The Labute approximate surface area is 108 Å². The molecule has 3 heteroatoms. The summed E-state index contributed by atoms with van der Waals surface area (Å²) in [5.74, 6) is 0. The molecule has 1 atom stereocenters. The van der Waals surface area contributed by atoms with Gasteiger partial charge in [-0.25, -0.2) is 0 Å². The Kier molecular flexibility index (Phi) is 3.00. The van der Waals surface area contributed by atoms with Crippen LogP contribution in [-0.2, 0) is 0 Å². The van der Waals surface area contributed by atoms with Crippen LogP contribution in [0.3, 0.4) is 0 Å². The van der Waals surface area contributed by atoms with E-state index < -0.39 is 0 Å². The lowest BCUT2D eigenvalue weighted by Gasteiger charge is -2.26. The van der Waals surface area contributed by atoms with E-state index >= 15 is 0 Å². The first kappa shape index (κ1) is 11.6. The fourth-order valence-electron chi connectivity index (χ4n) is 3.11. The molecule has 2 heterocycles. The molecule has 1 fully saturated rings. The van der Waals surface area contributed by atoms with Gasteiger partial charge in [0.15, 0.2) is 0 Å². The fourth-order valence-corrected chi connectivity index (χ4v) is 3.11. The van der Waals surface area contributed by atoms with Crippen LogP contribution in [0.2, 0.25) is 0 Å². The number of aromatic amines is 1. The average Bonchev–Trinajstić information content (AvgIpc) is 2.93. The Morgan fingerprint density at radius 3 is 3.11 bits per heavy atom. The highest BCUT2D eigenvalue weighted by atomic mass is 15.2. The zero-order valence-corrected chi connectivity index (χ0v) is 10.9. The largest absolute Gasteiger partial charge is 0.368 e. The van der Waals surface area contributed by atoms with Gasteiger partial charge in [0.1, 0.15) is 0 Å². The van der Waals surface area contributed by atoms with Gasteiger partial charge in [-0.1, -0.05) is 0 Å². The van der Waals surface area contributed by atoms with Crippen LogP contribution >= 0.6 is 0 Å². The Morgan fingerprint density at radius 2 is 2.28 bits per heavy atom. The zero-order chi connectivity index (χ0) is 12.5. The van der Waals surface area contributed by atoms with Gasteiger partial charge in [0, 0.05) is 34.9 Å². The highest BCUT2D eigenvalue weighted by Gasteiger charge is 2.23. The molecule has 1 aromatic carbocycles. The number of H-pyrrole nitrogens is 1. The predicted molar refractivity (Wildman–Crippen MR) is 77.1 cm³/mol. The highest BCUT2D eigenvalue weighted by molar-refractivity contribution is 5.84. The van der Waals surface area contributed by atoms with E-state index in [-0.39, 0.29) is 0 Å². The van der Waals surface area contributed by atoms with Crippen molar-refractivity contribution < 1.29 is 0 Å². The smallest absolute Gasteiger partial charge is 0.0457 e. The number of hydrogen-bond donors (Lipinski definition) is 2. The molecule has 2 aromatic rings.